The second-order valence-electron chi connectivity index (χ2n) is 9.31. The summed E-state index contributed by atoms with van der Waals surface area (Å²) in [6.45, 7) is 1.92. The van der Waals surface area contributed by atoms with Crippen LogP contribution >= 0.6 is 0 Å². The molecule has 0 bridgehead atoms. The fraction of sp³-hybridized carbons (Fsp3) is 0.276. The molecular formula is C29H26F3N3O5S. The Balaban J connectivity index is 1.48. The van der Waals surface area contributed by atoms with E-state index in [1.807, 2.05) is 6.07 Å². The van der Waals surface area contributed by atoms with Gasteiger partial charge in [-0.25, -0.2) is 8.42 Å². The fourth-order valence-electron chi connectivity index (χ4n) is 4.36. The Morgan fingerprint density at radius 2 is 1.76 bits per heavy atom. The first-order valence-electron chi connectivity index (χ1n) is 12.7. The van der Waals surface area contributed by atoms with Gasteiger partial charge in [-0.05, 0) is 53.6 Å². The number of nitriles is 1. The van der Waals surface area contributed by atoms with Crippen molar-refractivity contribution in [1.29, 1.82) is 5.26 Å². The summed E-state index contributed by atoms with van der Waals surface area (Å²) in [6, 6.07) is 16.2. The number of carbonyl (C=O) groups excluding carboxylic acids is 2. The molecule has 0 aromatic heterocycles. The highest BCUT2D eigenvalue weighted by molar-refractivity contribution is 7.91. The van der Waals surface area contributed by atoms with E-state index in [9.17, 15) is 36.4 Å². The number of nitrogens with zero attached hydrogens (tertiary/aromatic N) is 2. The number of amides is 2. The van der Waals surface area contributed by atoms with Crippen LogP contribution in [0.5, 0.6) is 5.75 Å². The van der Waals surface area contributed by atoms with Crippen LogP contribution in [0.25, 0.3) is 0 Å². The highest BCUT2D eigenvalue weighted by Gasteiger charge is 2.30. The molecule has 0 fully saturated rings. The van der Waals surface area contributed by atoms with Gasteiger partial charge in [-0.2, -0.15) is 18.4 Å². The van der Waals surface area contributed by atoms with Crippen LogP contribution in [-0.4, -0.2) is 39.1 Å². The zero-order chi connectivity index (χ0) is 29.8. The molecule has 0 spiro atoms. The molecule has 1 aliphatic rings. The molecule has 8 nitrogen and oxygen atoms in total. The maximum atomic E-state index is 13.1. The Hall–Kier alpha value is -4.37. The number of rotatable bonds is 8. The SMILES string of the molecule is CCS(=O)(=O)c1ccc(C(CC#N)NC(=O)c2ccc3c(c2)OCCN3C(=O)Cc2ccc(C(F)(F)F)cc2)cc1. The van der Waals surface area contributed by atoms with Crippen LogP contribution in [0, 0.1) is 11.3 Å². The largest absolute Gasteiger partial charge is 0.490 e. The van der Waals surface area contributed by atoms with Gasteiger partial charge in [-0.3, -0.25) is 9.59 Å². The van der Waals surface area contributed by atoms with Crippen molar-refractivity contribution in [2.45, 2.75) is 36.9 Å². The van der Waals surface area contributed by atoms with E-state index in [1.165, 1.54) is 41.3 Å². The summed E-state index contributed by atoms with van der Waals surface area (Å²) in [5, 5.41) is 12.1. The minimum Gasteiger partial charge on any atom is -0.490 e. The number of fused-ring (bicyclic) bond motifs is 1. The van der Waals surface area contributed by atoms with Gasteiger partial charge in [0.2, 0.25) is 5.91 Å². The standard InChI is InChI=1S/C29H26F3N3O5S/c1-2-41(38,39)23-10-5-20(6-11-23)24(13-14-33)34-28(37)21-7-12-25-26(18-21)40-16-15-35(25)27(36)17-19-3-8-22(9-4-19)29(30,31)32/h3-12,18,24H,2,13,15-17H2,1H3,(H,34,37). The lowest BCUT2D eigenvalue weighted by Crippen LogP contribution is -2.39. The summed E-state index contributed by atoms with van der Waals surface area (Å²) in [7, 11) is -3.40. The summed E-state index contributed by atoms with van der Waals surface area (Å²) in [4.78, 5) is 27.7. The maximum Gasteiger partial charge on any atom is 0.416 e. The molecule has 0 aliphatic carbocycles. The molecule has 1 heterocycles. The molecule has 0 saturated carbocycles. The number of hydrogen-bond donors (Lipinski definition) is 1. The van der Waals surface area contributed by atoms with Crippen molar-refractivity contribution in [2.75, 3.05) is 23.8 Å². The van der Waals surface area contributed by atoms with Gasteiger partial charge >= 0.3 is 6.18 Å². The van der Waals surface area contributed by atoms with Crippen molar-refractivity contribution >= 4 is 27.3 Å². The van der Waals surface area contributed by atoms with E-state index in [0.29, 0.717) is 16.8 Å². The van der Waals surface area contributed by atoms with Gasteiger partial charge < -0.3 is 15.0 Å². The Labute approximate surface area is 235 Å². The topological polar surface area (TPSA) is 117 Å². The zero-order valence-corrected chi connectivity index (χ0v) is 22.8. The molecule has 1 unspecified atom stereocenters. The van der Waals surface area contributed by atoms with Gasteiger partial charge in [0.1, 0.15) is 12.4 Å². The van der Waals surface area contributed by atoms with Gasteiger partial charge in [0.05, 0.1) is 53.4 Å². The Kier molecular flexibility index (Phi) is 8.68. The summed E-state index contributed by atoms with van der Waals surface area (Å²) < 4.78 is 68.4. The third kappa shape index (κ3) is 6.86. The summed E-state index contributed by atoms with van der Waals surface area (Å²) in [5.74, 6) is -0.608. The van der Waals surface area contributed by atoms with Crippen molar-refractivity contribution in [3.05, 3.63) is 89.0 Å². The highest BCUT2D eigenvalue weighted by atomic mass is 32.2. The van der Waals surface area contributed by atoms with Crippen molar-refractivity contribution < 1.29 is 35.9 Å². The molecule has 41 heavy (non-hydrogen) atoms. The van der Waals surface area contributed by atoms with Gasteiger partial charge in [0.25, 0.3) is 5.91 Å². The van der Waals surface area contributed by atoms with E-state index in [2.05, 4.69) is 5.32 Å². The number of halogens is 3. The van der Waals surface area contributed by atoms with E-state index in [0.717, 1.165) is 12.1 Å². The first-order chi connectivity index (χ1) is 19.4. The lowest BCUT2D eigenvalue weighted by molar-refractivity contribution is -0.137. The number of carbonyl (C=O) groups is 2. The lowest BCUT2D eigenvalue weighted by Gasteiger charge is -2.30. The Morgan fingerprint density at radius 1 is 1.07 bits per heavy atom. The molecule has 214 valence electrons. The summed E-state index contributed by atoms with van der Waals surface area (Å²) in [6.07, 6.45) is -4.64. The van der Waals surface area contributed by atoms with Crippen LogP contribution in [0.1, 0.15) is 46.4 Å². The molecule has 4 rings (SSSR count). The van der Waals surface area contributed by atoms with Gasteiger partial charge in [0.15, 0.2) is 9.84 Å². The predicted molar refractivity (Wildman–Crippen MR) is 144 cm³/mol. The minimum absolute atomic E-state index is 0.0524. The van der Waals surface area contributed by atoms with Crippen molar-refractivity contribution in [2.24, 2.45) is 0 Å². The molecule has 0 radical (unpaired) electrons. The number of sulfone groups is 1. The van der Waals surface area contributed by atoms with Gasteiger partial charge in [-0.1, -0.05) is 31.2 Å². The average molecular weight is 586 g/mol. The summed E-state index contributed by atoms with van der Waals surface area (Å²) >= 11 is 0. The fourth-order valence-corrected chi connectivity index (χ4v) is 5.25. The van der Waals surface area contributed by atoms with Gasteiger partial charge in [-0.15, -0.1) is 0 Å². The predicted octanol–water partition coefficient (Wildman–Crippen LogP) is 4.85. The van der Waals surface area contributed by atoms with E-state index >= 15 is 0 Å². The number of nitrogens with one attached hydrogen (secondary N) is 1. The molecule has 1 aliphatic heterocycles. The minimum atomic E-state index is -4.47. The Bertz CT molecular complexity index is 1580. The van der Waals surface area contributed by atoms with Crippen LogP contribution in [-0.2, 0) is 27.2 Å². The Morgan fingerprint density at radius 3 is 2.37 bits per heavy atom. The smallest absolute Gasteiger partial charge is 0.416 e. The van der Waals surface area contributed by atoms with Gasteiger partial charge in [0, 0.05) is 5.56 Å². The first kappa shape index (κ1) is 29.6. The van der Waals surface area contributed by atoms with Crippen LogP contribution in [0.4, 0.5) is 18.9 Å². The normalized spacial score (nSPS) is 13.9. The van der Waals surface area contributed by atoms with Crippen LogP contribution in [0.2, 0.25) is 0 Å². The molecule has 1 atom stereocenters. The molecular weight excluding hydrogens is 559 g/mol. The quantitative estimate of drug-likeness (QED) is 0.404. The van der Waals surface area contributed by atoms with Crippen molar-refractivity contribution in [1.82, 2.24) is 5.32 Å². The van der Waals surface area contributed by atoms with Crippen LogP contribution in [0.3, 0.4) is 0 Å². The lowest BCUT2D eigenvalue weighted by atomic mass is 10.0. The summed E-state index contributed by atoms with van der Waals surface area (Å²) in [5.41, 5.74) is 0.828. The molecule has 0 saturated heterocycles. The number of ether oxygens (including phenoxy) is 1. The van der Waals surface area contributed by atoms with E-state index in [-0.39, 0.29) is 53.9 Å². The highest BCUT2D eigenvalue weighted by Crippen LogP contribution is 2.34. The van der Waals surface area contributed by atoms with Crippen LogP contribution in [0.15, 0.2) is 71.6 Å². The second kappa shape index (κ2) is 12.0. The molecule has 1 N–H and O–H groups in total. The monoisotopic (exact) mass is 585 g/mol. The third-order valence-electron chi connectivity index (χ3n) is 6.65. The second-order valence-corrected chi connectivity index (χ2v) is 11.6. The molecule has 3 aromatic carbocycles. The average Bonchev–Trinajstić information content (AvgIpc) is 2.96. The zero-order valence-electron chi connectivity index (χ0n) is 21.9. The first-order valence-corrected chi connectivity index (χ1v) is 14.3. The van der Waals surface area contributed by atoms with Crippen molar-refractivity contribution in [3.8, 4) is 11.8 Å². The van der Waals surface area contributed by atoms with E-state index in [4.69, 9.17) is 4.74 Å². The third-order valence-corrected chi connectivity index (χ3v) is 8.40. The molecule has 3 aromatic rings. The molecule has 2 amide bonds. The number of hydrogen-bond acceptors (Lipinski definition) is 6. The van der Waals surface area contributed by atoms with Crippen molar-refractivity contribution in [3.63, 3.8) is 0 Å². The number of benzene rings is 3. The number of alkyl halides is 3. The van der Waals surface area contributed by atoms with E-state index in [1.54, 1.807) is 25.1 Å². The van der Waals surface area contributed by atoms with E-state index < -0.39 is 33.5 Å². The molecule has 12 heteroatoms. The van der Waals surface area contributed by atoms with Crippen LogP contribution < -0.4 is 15.0 Å². The number of anilines is 1. The maximum absolute atomic E-state index is 13.1.